The predicted molar refractivity (Wildman–Crippen MR) is 53.5 cm³/mol. The van der Waals surface area contributed by atoms with Crippen LogP contribution in [-0.2, 0) is 4.79 Å². The first-order valence-electron chi connectivity index (χ1n) is 3.71. The van der Waals surface area contributed by atoms with Crippen LogP contribution in [0.25, 0.3) is 5.57 Å². The molecule has 0 unspecified atom stereocenters. The van der Waals surface area contributed by atoms with Crippen molar-refractivity contribution in [2.45, 2.75) is 0 Å². The highest BCUT2D eigenvalue weighted by Crippen LogP contribution is 2.17. The first-order valence-corrected chi connectivity index (χ1v) is 4.09. The second-order valence-electron chi connectivity index (χ2n) is 2.52. The third-order valence-corrected chi connectivity index (χ3v) is 1.80. The largest absolute Gasteiger partial charge is 0.235 e. The van der Waals surface area contributed by atoms with Crippen molar-refractivity contribution in [3.8, 4) is 0 Å². The van der Waals surface area contributed by atoms with E-state index < -0.39 is 0 Å². The summed E-state index contributed by atoms with van der Waals surface area (Å²) in [6.07, 6.45) is 1.46. The quantitative estimate of drug-likeness (QED) is 0.536. The molecule has 0 saturated carbocycles. The second kappa shape index (κ2) is 4.61. The van der Waals surface area contributed by atoms with Gasteiger partial charge in [0.15, 0.2) is 0 Å². The lowest BCUT2D eigenvalue weighted by atomic mass is 10.1. The molecule has 0 amide bonds. The Bertz CT molecular complexity index is 367. The Morgan fingerprint density at radius 1 is 1.62 bits per heavy atom. The third-order valence-electron chi connectivity index (χ3n) is 1.57. The van der Waals surface area contributed by atoms with Gasteiger partial charge in [0.1, 0.15) is 0 Å². The molecule has 0 radical (unpaired) electrons. The molecule has 2 nitrogen and oxygen atoms in total. The van der Waals surface area contributed by atoms with Crippen molar-refractivity contribution in [2.24, 2.45) is 4.99 Å². The van der Waals surface area contributed by atoms with Gasteiger partial charge in [-0.05, 0) is 23.3 Å². The smallest absolute Gasteiger partial charge is 0.211 e. The number of isocyanates is 1. The van der Waals surface area contributed by atoms with Crippen LogP contribution in [0.1, 0.15) is 5.56 Å². The molecule has 0 N–H and O–H groups in total. The summed E-state index contributed by atoms with van der Waals surface area (Å²) in [5.74, 6) is 0. The molecule has 0 aromatic heterocycles. The van der Waals surface area contributed by atoms with E-state index >= 15 is 0 Å². The average molecular weight is 194 g/mol. The minimum absolute atomic E-state index is 0.268. The molecule has 66 valence electrons. The van der Waals surface area contributed by atoms with Crippen LogP contribution in [0.4, 0.5) is 0 Å². The van der Waals surface area contributed by atoms with Crippen LogP contribution in [0.5, 0.6) is 0 Å². The van der Waals surface area contributed by atoms with E-state index in [2.05, 4.69) is 11.6 Å². The highest BCUT2D eigenvalue weighted by molar-refractivity contribution is 6.30. The fourth-order valence-corrected chi connectivity index (χ4v) is 1.12. The molecular formula is C10H8ClNO. The van der Waals surface area contributed by atoms with Crippen LogP contribution in [0.3, 0.4) is 0 Å². The normalized spacial score (nSPS) is 9.00. The van der Waals surface area contributed by atoms with Crippen molar-refractivity contribution < 1.29 is 4.79 Å². The van der Waals surface area contributed by atoms with Gasteiger partial charge in [0.25, 0.3) is 0 Å². The number of rotatable bonds is 3. The summed E-state index contributed by atoms with van der Waals surface area (Å²) >= 11 is 5.77. The zero-order valence-electron chi connectivity index (χ0n) is 6.96. The standard InChI is InChI=1S/C10H8ClNO/c1-8(6-12-7-13)9-3-2-4-10(11)5-9/h2-5H,1,6H2. The molecule has 0 heterocycles. The van der Waals surface area contributed by atoms with Crippen LogP contribution in [0.2, 0.25) is 5.02 Å². The monoisotopic (exact) mass is 193 g/mol. The van der Waals surface area contributed by atoms with E-state index in [4.69, 9.17) is 11.6 Å². The summed E-state index contributed by atoms with van der Waals surface area (Å²) in [6.45, 7) is 4.04. The Kier molecular flexibility index (Phi) is 3.44. The topological polar surface area (TPSA) is 29.4 Å². The molecule has 0 aliphatic carbocycles. The van der Waals surface area contributed by atoms with Crippen LogP contribution < -0.4 is 0 Å². The van der Waals surface area contributed by atoms with Crippen LogP contribution in [-0.4, -0.2) is 12.6 Å². The highest BCUT2D eigenvalue weighted by atomic mass is 35.5. The van der Waals surface area contributed by atoms with Crippen LogP contribution in [0, 0.1) is 0 Å². The maximum atomic E-state index is 9.85. The molecule has 0 atom stereocenters. The SMILES string of the molecule is C=C(CN=C=O)c1cccc(Cl)c1. The molecule has 0 saturated heterocycles. The van der Waals surface area contributed by atoms with E-state index in [1.807, 2.05) is 12.1 Å². The van der Waals surface area contributed by atoms with Crippen molar-refractivity contribution in [3.05, 3.63) is 41.4 Å². The first kappa shape index (κ1) is 9.72. The van der Waals surface area contributed by atoms with Crippen LogP contribution >= 0.6 is 11.6 Å². The number of aliphatic imine (C=N–C) groups is 1. The minimum atomic E-state index is 0.268. The summed E-state index contributed by atoms with van der Waals surface area (Å²) in [5.41, 5.74) is 1.65. The van der Waals surface area contributed by atoms with Crippen LogP contribution in [0.15, 0.2) is 35.8 Å². The lowest BCUT2D eigenvalue weighted by Crippen LogP contribution is -1.86. The van der Waals surface area contributed by atoms with E-state index in [0.717, 1.165) is 11.1 Å². The number of benzene rings is 1. The Labute approximate surface area is 81.6 Å². The van der Waals surface area contributed by atoms with Crippen molar-refractivity contribution >= 4 is 23.3 Å². The van der Waals surface area contributed by atoms with Crippen molar-refractivity contribution in [2.75, 3.05) is 6.54 Å². The lowest BCUT2D eigenvalue weighted by Gasteiger charge is -2.01. The number of halogens is 1. The molecule has 0 bridgehead atoms. The van der Waals surface area contributed by atoms with E-state index in [-0.39, 0.29) is 6.54 Å². The summed E-state index contributed by atoms with van der Waals surface area (Å²) in [5, 5.41) is 0.647. The Morgan fingerprint density at radius 2 is 2.38 bits per heavy atom. The van der Waals surface area contributed by atoms with Gasteiger partial charge in [-0.15, -0.1) is 0 Å². The zero-order valence-corrected chi connectivity index (χ0v) is 7.71. The van der Waals surface area contributed by atoms with Crippen molar-refractivity contribution in [3.63, 3.8) is 0 Å². The van der Waals surface area contributed by atoms with Gasteiger partial charge < -0.3 is 0 Å². The second-order valence-corrected chi connectivity index (χ2v) is 2.96. The van der Waals surface area contributed by atoms with Gasteiger partial charge >= 0.3 is 0 Å². The van der Waals surface area contributed by atoms with Gasteiger partial charge in [-0.25, -0.2) is 9.79 Å². The highest BCUT2D eigenvalue weighted by Gasteiger charge is 1.97. The molecule has 0 fully saturated rings. The predicted octanol–water partition coefficient (Wildman–Crippen LogP) is 2.69. The molecule has 0 spiro atoms. The van der Waals surface area contributed by atoms with E-state index in [0.29, 0.717) is 5.02 Å². The lowest BCUT2D eigenvalue weighted by molar-refractivity contribution is 0.564. The Balaban J connectivity index is 2.82. The summed E-state index contributed by atoms with van der Waals surface area (Å²) in [4.78, 5) is 13.3. The first-order chi connectivity index (χ1) is 6.24. The fraction of sp³-hybridized carbons (Fsp3) is 0.100. The minimum Gasteiger partial charge on any atom is -0.211 e. The Hall–Kier alpha value is -1.37. The number of hydrogen-bond donors (Lipinski definition) is 0. The maximum Gasteiger partial charge on any atom is 0.235 e. The van der Waals surface area contributed by atoms with Gasteiger partial charge in [0, 0.05) is 5.02 Å². The zero-order chi connectivity index (χ0) is 9.68. The van der Waals surface area contributed by atoms with E-state index in [9.17, 15) is 4.79 Å². The Morgan fingerprint density at radius 3 is 3.00 bits per heavy atom. The van der Waals surface area contributed by atoms with E-state index in [1.165, 1.54) is 6.08 Å². The van der Waals surface area contributed by atoms with Gasteiger partial charge in [-0.3, -0.25) is 0 Å². The van der Waals surface area contributed by atoms with Gasteiger partial charge in [0.2, 0.25) is 6.08 Å². The molecular weight excluding hydrogens is 186 g/mol. The molecule has 0 aliphatic rings. The molecule has 1 aromatic rings. The molecule has 1 rings (SSSR count). The molecule has 3 heteroatoms. The van der Waals surface area contributed by atoms with Gasteiger partial charge in [-0.2, -0.15) is 0 Å². The molecule has 13 heavy (non-hydrogen) atoms. The van der Waals surface area contributed by atoms with Crippen molar-refractivity contribution in [1.29, 1.82) is 0 Å². The number of nitrogens with zero attached hydrogens (tertiary/aromatic N) is 1. The molecule has 1 aromatic carbocycles. The third kappa shape index (κ3) is 2.86. The fourth-order valence-electron chi connectivity index (χ4n) is 0.927. The van der Waals surface area contributed by atoms with Crippen molar-refractivity contribution in [1.82, 2.24) is 0 Å². The van der Waals surface area contributed by atoms with E-state index in [1.54, 1.807) is 12.1 Å². The molecule has 0 aliphatic heterocycles. The summed E-state index contributed by atoms with van der Waals surface area (Å²) < 4.78 is 0. The van der Waals surface area contributed by atoms with Gasteiger partial charge in [0.05, 0.1) is 6.54 Å². The van der Waals surface area contributed by atoms with Gasteiger partial charge in [-0.1, -0.05) is 30.3 Å². The average Bonchev–Trinajstić information content (AvgIpc) is 2.14. The number of hydrogen-bond acceptors (Lipinski definition) is 2. The summed E-state index contributed by atoms with van der Waals surface area (Å²) in [6, 6.07) is 7.26. The maximum absolute atomic E-state index is 9.85. The summed E-state index contributed by atoms with van der Waals surface area (Å²) in [7, 11) is 0. The number of carbonyl (C=O) groups excluding carboxylic acids is 1.